The maximum Gasteiger partial charge on any atom is 0.339 e. The number of allylic oxidation sites excluding steroid dienone is 4. The van der Waals surface area contributed by atoms with Crippen molar-refractivity contribution in [2.75, 3.05) is 0 Å². The molecule has 50 heavy (non-hydrogen) atoms. The summed E-state index contributed by atoms with van der Waals surface area (Å²) >= 11 is 0. The zero-order valence-electron chi connectivity index (χ0n) is 31.3. The fraction of sp³-hybridized carbons (Fsp3) is 0.850. The van der Waals surface area contributed by atoms with Gasteiger partial charge in [0, 0.05) is 5.92 Å². The predicted octanol–water partition coefficient (Wildman–Crippen LogP) is 5.35. The third kappa shape index (κ3) is 8.69. The molecule has 5 N–H and O–H groups in total. The lowest BCUT2D eigenvalue weighted by Crippen LogP contribution is -2.53. The van der Waals surface area contributed by atoms with E-state index in [-0.39, 0.29) is 49.7 Å². The summed E-state index contributed by atoms with van der Waals surface area (Å²) < 4.78 is 18.2. The van der Waals surface area contributed by atoms with Crippen molar-refractivity contribution >= 4 is 11.9 Å². The van der Waals surface area contributed by atoms with Gasteiger partial charge in [0.25, 0.3) is 0 Å². The van der Waals surface area contributed by atoms with Crippen LogP contribution < -0.4 is 0 Å². The van der Waals surface area contributed by atoms with Crippen molar-refractivity contribution in [1.82, 2.24) is 0 Å². The number of epoxide rings is 1. The van der Waals surface area contributed by atoms with Crippen molar-refractivity contribution in [3.63, 3.8) is 0 Å². The van der Waals surface area contributed by atoms with Crippen LogP contribution in [0.2, 0.25) is 0 Å². The van der Waals surface area contributed by atoms with Gasteiger partial charge in [0.05, 0.1) is 41.0 Å². The van der Waals surface area contributed by atoms with E-state index in [2.05, 4.69) is 19.9 Å². The first-order chi connectivity index (χ1) is 23.3. The summed E-state index contributed by atoms with van der Waals surface area (Å²) in [6.07, 6.45) is 8.55. The fourth-order valence-electron chi connectivity index (χ4n) is 9.06. The Morgan fingerprint density at radius 3 is 2.04 bits per heavy atom. The normalized spacial score (nSPS) is 46.9. The van der Waals surface area contributed by atoms with Crippen LogP contribution in [0.4, 0.5) is 0 Å². The number of ether oxygens (including phenoxy) is 3. The van der Waals surface area contributed by atoms with Gasteiger partial charge in [0.2, 0.25) is 0 Å². The lowest BCUT2D eigenvalue weighted by molar-refractivity contribution is -0.196. The molecule has 0 aromatic rings. The second-order valence-electron chi connectivity index (χ2n) is 17.6. The monoisotopic (exact) mass is 704 g/mol. The number of hydrogen-bond acceptors (Lipinski definition) is 10. The van der Waals surface area contributed by atoms with Crippen molar-refractivity contribution in [3.05, 3.63) is 23.3 Å². The highest BCUT2D eigenvalue weighted by atomic mass is 16.6. The number of carbonyl (C=O) groups is 2. The van der Waals surface area contributed by atoms with E-state index in [9.17, 15) is 35.1 Å². The highest BCUT2D eigenvalue weighted by molar-refractivity contribution is 5.81. The average molecular weight is 705 g/mol. The van der Waals surface area contributed by atoms with E-state index in [0.717, 1.165) is 24.8 Å². The Kier molecular flexibility index (Phi) is 11.7. The molecule has 0 spiro atoms. The SMILES string of the molecule is CC1=CCCC(C)(O)C(O)CC2CCC(C)(OC(=O)C2(O)CCC2C(=O)OC3CC2CCC2(C)OC2CCC(C)=CCCC3(C)O)C(O)CC1. The predicted molar refractivity (Wildman–Crippen MR) is 188 cm³/mol. The Balaban J connectivity index is 1.40. The third-order valence-corrected chi connectivity index (χ3v) is 13.4. The molecular weight excluding hydrogens is 640 g/mol. The van der Waals surface area contributed by atoms with E-state index in [1.54, 1.807) is 20.8 Å². The minimum Gasteiger partial charge on any atom is -0.459 e. The molecule has 284 valence electrons. The first kappa shape index (κ1) is 39.4. The topological polar surface area (TPSA) is 166 Å². The molecule has 0 saturated carbocycles. The van der Waals surface area contributed by atoms with E-state index in [1.165, 1.54) is 5.57 Å². The van der Waals surface area contributed by atoms with Crippen molar-refractivity contribution in [2.45, 2.75) is 197 Å². The summed E-state index contributed by atoms with van der Waals surface area (Å²) in [5.74, 6) is -2.92. The molecular formula is C40H64O10. The van der Waals surface area contributed by atoms with Crippen LogP contribution in [0.1, 0.15) is 144 Å². The largest absolute Gasteiger partial charge is 0.459 e. The zero-order chi connectivity index (χ0) is 36.7. The highest BCUT2D eigenvalue weighted by Gasteiger charge is 2.56. The van der Waals surface area contributed by atoms with Gasteiger partial charge < -0.3 is 39.7 Å². The number of aliphatic hydroxyl groups is 5. The molecule has 3 heterocycles. The minimum absolute atomic E-state index is 0.0536. The maximum absolute atomic E-state index is 14.1. The Morgan fingerprint density at radius 2 is 1.36 bits per heavy atom. The van der Waals surface area contributed by atoms with Crippen LogP contribution in [0, 0.1) is 17.8 Å². The number of hydrogen-bond donors (Lipinski definition) is 5. The summed E-state index contributed by atoms with van der Waals surface area (Å²) in [6, 6.07) is 0. The first-order valence-corrected chi connectivity index (χ1v) is 19.2. The molecule has 0 aromatic heterocycles. The van der Waals surface area contributed by atoms with E-state index in [4.69, 9.17) is 14.2 Å². The van der Waals surface area contributed by atoms with Gasteiger partial charge >= 0.3 is 11.9 Å². The van der Waals surface area contributed by atoms with E-state index < -0.39 is 64.5 Å². The minimum atomic E-state index is -2.08. The molecule has 5 rings (SSSR count). The van der Waals surface area contributed by atoms with Gasteiger partial charge in [-0.3, -0.25) is 4.79 Å². The van der Waals surface area contributed by atoms with Gasteiger partial charge in [-0.05, 0) is 150 Å². The van der Waals surface area contributed by atoms with Crippen LogP contribution in [-0.2, 0) is 23.8 Å². The second kappa shape index (κ2) is 14.9. The van der Waals surface area contributed by atoms with Crippen molar-refractivity contribution in [2.24, 2.45) is 17.8 Å². The molecule has 4 bridgehead atoms. The van der Waals surface area contributed by atoms with Crippen LogP contribution in [-0.4, -0.2) is 89.9 Å². The number of aliphatic hydroxyl groups excluding tert-OH is 2. The van der Waals surface area contributed by atoms with E-state index in [1.807, 2.05) is 13.0 Å². The van der Waals surface area contributed by atoms with Gasteiger partial charge in [-0.15, -0.1) is 0 Å². The average Bonchev–Trinajstić information content (AvgIpc) is 3.72. The molecule has 5 aliphatic rings. The van der Waals surface area contributed by atoms with Crippen LogP contribution in [0.3, 0.4) is 0 Å². The summed E-state index contributed by atoms with van der Waals surface area (Å²) in [5, 5.41) is 57.8. The molecule has 3 aliphatic heterocycles. The van der Waals surface area contributed by atoms with E-state index >= 15 is 0 Å². The molecule has 0 radical (unpaired) electrons. The van der Waals surface area contributed by atoms with E-state index in [0.29, 0.717) is 51.4 Å². The summed E-state index contributed by atoms with van der Waals surface area (Å²) in [5.41, 5.74) is -3.99. The van der Waals surface area contributed by atoms with Crippen LogP contribution in [0.25, 0.3) is 0 Å². The van der Waals surface area contributed by atoms with Crippen LogP contribution in [0.15, 0.2) is 23.3 Å². The van der Waals surface area contributed by atoms with Gasteiger partial charge in [-0.2, -0.15) is 0 Å². The second-order valence-corrected chi connectivity index (χ2v) is 17.6. The number of esters is 2. The van der Waals surface area contributed by atoms with Crippen LogP contribution in [0.5, 0.6) is 0 Å². The number of rotatable bonds is 3. The molecule has 0 amide bonds. The van der Waals surface area contributed by atoms with Crippen LogP contribution >= 0.6 is 0 Å². The molecule has 12 atom stereocenters. The fourth-order valence-corrected chi connectivity index (χ4v) is 9.06. The highest BCUT2D eigenvalue weighted by Crippen LogP contribution is 2.49. The summed E-state index contributed by atoms with van der Waals surface area (Å²) in [6.45, 7) is 11.2. The summed E-state index contributed by atoms with van der Waals surface area (Å²) in [4.78, 5) is 28.0. The maximum atomic E-state index is 14.1. The smallest absolute Gasteiger partial charge is 0.339 e. The van der Waals surface area contributed by atoms with Gasteiger partial charge in [0.1, 0.15) is 11.7 Å². The number of fused-ring (bicyclic) bond motifs is 6. The first-order valence-electron chi connectivity index (χ1n) is 19.2. The Labute approximate surface area is 298 Å². The Bertz CT molecular complexity index is 1300. The summed E-state index contributed by atoms with van der Waals surface area (Å²) in [7, 11) is 0. The molecule has 3 fully saturated rings. The lowest BCUT2D eigenvalue weighted by atomic mass is 9.70. The molecule has 3 saturated heterocycles. The van der Waals surface area contributed by atoms with Gasteiger partial charge in [-0.1, -0.05) is 23.3 Å². The zero-order valence-corrected chi connectivity index (χ0v) is 31.3. The molecule has 10 nitrogen and oxygen atoms in total. The van der Waals surface area contributed by atoms with Gasteiger partial charge in [-0.25, -0.2) is 4.79 Å². The molecule has 12 unspecified atom stereocenters. The van der Waals surface area contributed by atoms with Crippen molar-refractivity contribution in [1.29, 1.82) is 0 Å². The standard InChI is InChI=1S/C40H64O10/c1-25-9-7-18-36(3,45)31(42)24-28-16-21-38(5,30(41)13-11-25)50-35(44)40(28,47)22-17-29-27-15-20-39(6)32(49-39)14-12-26(2)10-8-19-37(4,46)33(23-27)48-34(29)43/h9-10,27-33,41-42,45-47H,7-8,11-24H2,1-6H3. The lowest BCUT2D eigenvalue weighted by Gasteiger charge is -2.43. The van der Waals surface area contributed by atoms with Gasteiger partial charge in [0.15, 0.2) is 5.60 Å². The molecule has 10 heteroatoms. The molecule has 0 aromatic carbocycles. The quantitative estimate of drug-likeness (QED) is 0.147. The molecule has 2 aliphatic carbocycles. The van der Waals surface area contributed by atoms with Crippen molar-refractivity contribution < 1.29 is 49.3 Å². The Morgan fingerprint density at radius 1 is 0.740 bits per heavy atom. The number of carbonyl (C=O) groups excluding carboxylic acids is 2. The third-order valence-electron chi connectivity index (χ3n) is 13.4. The van der Waals surface area contributed by atoms with Crippen molar-refractivity contribution in [3.8, 4) is 0 Å². The Hall–Kier alpha value is -1.82.